The Bertz CT molecular complexity index is 668. The third-order valence-corrected chi connectivity index (χ3v) is 4.82. The molecule has 2 heterocycles. The van der Waals surface area contributed by atoms with E-state index in [0.29, 0.717) is 23.6 Å². The molecule has 0 aromatic heterocycles. The van der Waals surface area contributed by atoms with Crippen molar-refractivity contribution in [2.75, 3.05) is 13.2 Å². The number of aliphatic hydroxyl groups is 1. The van der Waals surface area contributed by atoms with Crippen molar-refractivity contribution < 1.29 is 9.84 Å². The Morgan fingerprint density at radius 1 is 1.55 bits per heavy atom. The van der Waals surface area contributed by atoms with Crippen molar-refractivity contribution in [3.05, 3.63) is 33.8 Å². The van der Waals surface area contributed by atoms with Crippen molar-refractivity contribution in [1.82, 2.24) is 5.01 Å². The second-order valence-corrected chi connectivity index (χ2v) is 5.96. The lowest BCUT2D eigenvalue weighted by Gasteiger charge is -2.24. The van der Waals surface area contributed by atoms with Crippen LogP contribution in [0.25, 0.3) is 0 Å². The Kier molecular flexibility index (Phi) is 4.09. The Labute approximate surface area is 134 Å². The summed E-state index contributed by atoms with van der Waals surface area (Å²) in [5, 5.41) is 26.3. The highest BCUT2D eigenvalue weighted by Crippen LogP contribution is 2.34. The van der Waals surface area contributed by atoms with Gasteiger partial charge in [-0.2, -0.15) is 10.4 Å². The molecule has 0 spiro atoms. The highest BCUT2D eigenvalue weighted by atomic mass is 35.5. The van der Waals surface area contributed by atoms with Gasteiger partial charge in [-0.15, -0.1) is 0 Å². The zero-order valence-electron chi connectivity index (χ0n) is 12.6. The average Bonchev–Trinajstić information content (AvgIpc) is 3.04. The van der Waals surface area contributed by atoms with Gasteiger partial charge in [-0.3, -0.25) is 5.01 Å². The fourth-order valence-electron chi connectivity index (χ4n) is 3.23. The molecule has 1 unspecified atom stereocenters. The van der Waals surface area contributed by atoms with E-state index in [2.05, 4.69) is 11.2 Å². The fraction of sp³-hybridized carbons (Fsp3) is 0.500. The van der Waals surface area contributed by atoms with E-state index >= 15 is 0 Å². The maximum absolute atomic E-state index is 10.2. The highest BCUT2D eigenvalue weighted by Gasteiger charge is 2.46. The molecule has 5 nitrogen and oxygen atoms in total. The van der Waals surface area contributed by atoms with Crippen LogP contribution in [0.4, 0.5) is 0 Å². The van der Waals surface area contributed by atoms with Crippen molar-refractivity contribution in [2.24, 2.45) is 5.10 Å². The largest absolute Gasteiger partial charge is 0.391 e. The van der Waals surface area contributed by atoms with Gasteiger partial charge in [0, 0.05) is 18.7 Å². The Morgan fingerprint density at radius 2 is 2.32 bits per heavy atom. The topological polar surface area (TPSA) is 68.8 Å². The van der Waals surface area contributed by atoms with Gasteiger partial charge in [-0.1, -0.05) is 17.7 Å². The summed E-state index contributed by atoms with van der Waals surface area (Å²) < 4.78 is 5.87. The summed E-state index contributed by atoms with van der Waals surface area (Å²) in [5.74, 6) is 0. The summed E-state index contributed by atoms with van der Waals surface area (Å²) in [6, 6.07) is 5.51. The minimum Gasteiger partial charge on any atom is -0.391 e. The van der Waals surface area contributed by atoms with E-state index in [4.69, 9.17) is 21.6 Å². The van der Waals surface area contributed by atoms with Gasteiger partial charge >= 0.3 is 0 Å². The van der Waals surface area contributed by atoms with Gasteiger partial charge in [0.05, 0.1) is 22.4 Å². The molecule has 0 saturated carbocycles. The van der Waals surface area contributed by atoms with E-state index in [-0.39, 0.29) is 12.1 Å². The summed E-state index contributed by atoms with van der Waals surface area (Å²) in [6.45, 7) is 5.08. The number of nitriles is 1. The standard InChI is InChI=1S/C16H18ClN3O2/c1-3-22-16-14(19-20-7-6-12(21)15(16)20)11-5-4-10(8-18)13(17)9(11)2/h4-5,12,15-16,21H,3,6-7H2,1-2H3/t12-,15+,16?/m1/s1. The third-order valence-electron chi connectivity index (χ3n) is 4.34. The molecule has 1 fully saturated rings. The SMILES string of the molecule is CCOC1C(c2ccc(C#N)c(Cl)c2C)=NN2CC[C@@H](O)[C@@H]12. The Morgan fingerprint density at radius 3 is 3.00 bits per heavy atom. The van der Waals surface area contributed by atoms with Crippen LogP contribution in [0.2, 0.25) is 5.02 Å². The maximum Gasteiger partial charge on any atom is 0.126 e. The molecule has 0 radical (unpaired) electrons. The number of hydrazone groups is 1. The molecule has 1 N–H and O–H groups in total. The van der Waals surface area contributed by atoms with E-state index in [1.54, 1.807) is 6.07 Å². The van der Waals surface area contributed by atoms with Gasteiger partial charge in [0.2, 0.25) is 0 Å². The molecule has 116 valence electrons. The molecular formula is C16H18ClN3O2. The smallest absolute Gasteiger partial charge is 0.126 e. The van der Waals surface area contributed by atoms with Crippen molar-refractivity contribution in [2.45, 2.75) is 38.5 Å². The van der Waals surface area contributed by atoms with Gasteiger partial charge in [0.15, 0.2) is 0 Å². The second-order valence-electron chi connectivity index (χ2n) is 5.58. The quantitative estimate of drug-likeness (QED) is 0.926. The van der Waals surface area contributed by atoms with Crippen LogP contribution in [-0.4, -0.2) is 47.2 Å². The van der Waals surface area contributed by atoms with E-state index in [1.165, 1.54) is 0 Å². The molecule has 3 rings (SSSR count). The van der Waals surface area contributed by atoms with Crippen LogP contribution in [0.5, 0.6) is 0 Å². The zero-order chi connectivity index (χ0) is 15.9. The maximum atomic E-state index is 10.2. The number of nitrogens with zero attached hydrogens (tertiary/aromatic N) is 3. The van der Waals surface area contributed by atoms with E-state index in [1.807, 2.05) is 24.9 Å². The van der Waals surface area contributed by atoms with Crippen molar-refractivity contribution in [3.63, 3.8) is 0 Å². The third kappa shape index (κ3) is 2.28. The number of aliphatic hydroxyl groups excluding tert-OH is 1. The number of hydrogen-bond donors (Lipinski definition) is 1. The van der Waals surface area contributed by atoms with Crippen molar-refractivity contribution >= 4 is 17.3 Å². The second kappa shape index (κ2) is 5.88. The summed E-state index contributed by atoms with van der Waals surface area (Å²) >= 11 is 6.27. The van der Waals surface area contributed by atoms with Gasteiger partial charge in [-0.05, 0) is 31.9 Å². The first-order chi connectivity index (χ1) is 10.6. The number of rotatable bonds is 3. The summed E-state index contributed by atoms with van der Waals surface area (Å²) in [4.78, 5) is 0. The molecule has 1 aromatic rings. The molecule has 1 aromatic carbocycles. The summed E-state index contributed by atoms with van der Waals surface area (Å²) in [7, 11) is 0. The van der Waals surface area contributed by atoms with E-state index in [9.17, 15) is 5.11 Å². The molecule has 22 heavy (non-hydrogen) atoms. The average molecular weight is 320 g/mol. The number of fused-ring (bicyclic) bond motifs is 1. The molecule has 0 bridgehead atoms. The molecular weight excluding hydrogens is 302 g/mol. The molecule has 1 saturated heterocycles. The van der Waals surface area contributed by atoms with Crippen LogP contribution < -0.4 is 0 Å². The first kappa shape index (κ1) is 15.3. The normalized spacial score (nSPS) is 26.8. The van der Waals surface area contributed by atoms with Gasteiger partial charge in [0.25, 0.3) is 0 Å². The molecule has 0 amide bonds. The molecule has 2 aliphatic heterocycles. The number of benzene rings is 1. The zero-order valence-corrected chi connectivity index (χ0v) is 13.3. The molecule has 6 heteroatoms. The molecule has 0 aliphatic carbocycles. The summed E-state index contributed by atoms with van der Waals surface area (Å²) in [5.41, 5.74) is 2.94. The van der Waals surface area contributed by atoms with Crippen LogP contribution >= 0.6 is 11.6 Å². The number of hydrogen-bond acceptors (Lipinski definition) is 5. The lowest BCUT2D eigenvalue weighted by molar-refractivity contribution is 0.0203. The number of halogens is 1. The minimum absolute atomic E-state index is 0.135. The lowest BCUT2D eigenvalue weighted by Crippen LogP contribution is -2.42. The number of ether oxygens (including phenoxy) is 1. The van der Waals surface area contributed by atoms with Gasteiger partial charge in [-0.25, -0.2) is 0 Å². The predicted molar refractivity (Wildman–Crippen MR) is 84.0 cm³/mol. The van der Waals surface area contributed by atoms with Crippen molar-refractivity contribution in [1.29, 1.82) is 5.26 Å². The van der Waals surface area contributed by atoms with Crippen molar-refractivity contribution in [3.8, 4) is 6.07 Å². The van der Waals surface area contributed by atoms with E-state index in [0.717, 1.165) is 23.4 Å². The summed E-state index contributed by atoms with van der Waals surface area (Å²) in [6.07, 6.45) is -0.00448. The Hall–Kier alpha value is -1.61. The van der Waals surface area contributed by atoms with Crippen LogP contribution in [0.1, 0.15) is 30.0 Å². The lowest BCUT2D eigenvalue weighted by atomic mass is 9.94. The van der Waals surface area contributed by atoms with Crippen LogP contribution in [0.3, 0.4) is 0 Å². The van der Waals surface area contributed by atoms with Crippen LogP contribution in [0, 0.1) is 18.3 Å². The fourth-order valence-corrected chi connectivity index (χ4v) is 3.43. The first-order valence-electron chi connectivity index (χ1n) is 7.42. The molecule has 3 atom stereocenters. The Balaban J connectivity index is 2.04. The molecule has 2 aliphatic rings. The first-order valence-corrected chi connectivity index (χ1v) is 7.80. The van der Waals surface area contributed by atoms with Crippen LogP contribution in [0.15, 0.2) is 17.2 Å². The van der Waals surface area contributed by atoms with Crippen LogP contribution in [-0.2, 0) is 4.74 Å². The highest BCUT2D eigenvalue weighted by molar-refractivity contribution is 6.33. The van der Waals surface area contributed by atoms with Gasteiger partial charge < -0.3 is 9.84 Å². The van der Waals surface area contributed by atoms with Gasteiger partial charge in [0.1, 0.15) is 18.2 Å². The minimum atomic E-state index is -0.438. The van der Waals surface area contributed by atoms with E-state index < -0.39 is 6.10 Å². The monoisotopic (exact) mass is 319 g/mol. The predicted octanol–water partition coefficient (Wildman–Crippen LogP) is 2.08.